The zero-order chi connectivity index (χ0) is 13.2. The Balaban J connectivity index is 3.12. The zero-order valence-electron chi connectivity index (χ0n) is 8.98. The van der Waals surface area contributed by atoms with Crippen molar-refractivity contribution in [3.8, 4) is 0 Å². The van der Waals surface area contributed by atoms with E-state index in [1.807, 2.05) is 0 Å². The second kappa shape index (κ2) is 4.77. The van der Waals surface area contributed by atoms with E-state index in [4.69, 9.17) is 5.73 Å². The Kier molecular flexibility index (Phi) is 3.79. The highest BCUT2D eigenvalue weighted by Crippen LogP contribution is 2.29. The second-order valence-electron chi connectivity index (χ2n) is 3.45. The van der Waals surface area contributed by atoms with Crippen LogP contribution in [0.5, 0.6) is 0 Å². The summed E-state index contributed by atoms with van der Waals surface area (Å²) in [6.45, 7) is 0.0667. The summed E-state index contributed by atoms with van der Waals surface area (Å²) in [5, 5.41) is 0. The third-order valence-electron chi connectivity index (χ3n) is 2.17. The van der Waals surface area contributed by atoms with Crippen molar-refractivity contribution in [2.75, 3.05) is 23.7 Å². The lowest BCUT2D eigenvalue weighted by atomic mass is 10.2. The highest BCUT2D eigenvalue weighted by Gasteiger charge is 2.31. The SMILES string of the molecule is CCN(CC(F)(F)F)c1cc(F)cc(F)c1N. The van der Waals surface area contributed by atoms with E-state index in [-0.39, 0.29) is 12.2 Å². The first-order valence-electron chi connectivity index (χ1n) is 4.81. The van der Waals surface area contributed by atoms with Crippen molar-refractivity contribution >= 4 is 11.4 Å². The number of nitrogen functional groups attached to an aromatic ring is 1. The minimum absolute atomic E-state index is 0.0629. The van der Waals surface area contributed by atoms with Crippen LogP contribution in [-0.2, 0) is 0 Å². The molecule has 0 aliphatic carbocycles. The lowest BCUT2D eigenvalue weighted by Crippen LogP contribution is -2.34. The third-order valence-corrected chi connectivity index (χ3v) is 2.17. The van der Waals surface area contributed by atoms with E-state index >= 15 is 0 Å². The molecule has 0 aliphatic rings. The number of nitrogens with two attached hydrogens (primary N) is 1. The molecule has 0 saturated carbocycles. The van der Waals surface area contributed by atoms with Gasteiger partial charge in [-0.1, -0.05) is 0 Å². The number of anilines is 2. The molecule has 2 N–H and O–H groups in total. The number of nitrogens with zero attached hydrogens (tertiary/aromatic N) is 1. The first-order chi connectivity index (χ1) is 7.74. The van der Waals surface area contributed by atoms with Crippen LogP contribution in [0.4, 0.5) is 33.3 Å². The van der Waals surface area contributed by atoms with E-state index in [9.17, 15) is 22.0 Å². The Morgan fingerprint density at radius 3 is 2.29 bits per heavy atom. The standard InChI is InChI=1S/C10H11F5N2/c1-2-17(5-10(13,14)15)8-4-6(11)3-7(12)9(8)16/h3-4H,2,5,16H2,1H3. The van der Waals surface area contributed by atoms with Crippen molar-refractivity contribution in [3.05, 3.63) is 23.8 Å². The second-order valence-corrected chi connectivity index (χ2v) is 3.45. The van der Waals surface area contributed by atoms with Crippen LogP contribution in [0, 0.1) is 11.6 Å². The molecular weight excluding hydrogens is 243 g/mol. The minimum Gasteiger partial charge on any atom is -0.395 e. The van der Waals surface area contributed by atoms with Gasteiger partial charge in [-0.25, -0.2) is 8.78 Å². The van der Waals surface area contributed by atoms with Crippen molar-refractivity contribution in [2.45, 2.75) is 13.1 Å². The number of hydrogen-bond donors (Lipinski definition) is 1. The maximum atomic E-state index is 13.1. The highest BCUT2D eigenvalue weighted by atomic mass is 19.4. The predicted molar refractivity (Wildman–Crippen MR) is 54.7 cm³/mol. The normalized spacial score (nSPS) is 11.6. The molecule has 17 heavy (non-hydrogen) atoms. The van der Waals surface area contributed by atoms with Gasteiger partial charge in [-0.15, -0.1) is 0 Å². The summed E-state index contributed by atoms with van der Waals surface area (Å²) >= 11 is 0. The molecular formula is C10H11F5N2. The fourth-order valence-electron chi connectivity index (χ4n) is 1.42. The van der Waals surface area contributed by atoms with Crippen LogP contribution in [0.1, 0.15) is 6.92 Å². The molecule has 1 aromatic carbocycles. The van der Waals surface area contributed by atoms with Crippen LogP contribution in [0.15, 0.2) is 12.1 Å². The topological polar surface area (TPSA) is 29.3 Å². The Hall–Kier alpha value is -1.53. The van der Waals surface area contributed by atoms with Gasteiger partial charge in [0.25, 0.3) is 0 Å². The molecule has 0 aliphatic heterocycles. The molecule has 0 fully saturated rings. The van der Waals surface area contributed by atoms with Gasteiger partial charge in [0.1, 0.15) is 12.4 Å². The van der Waals surface area contributed by atoms with E-state index in [0.29, 0.717) is 6.07 Å². The van der Waals surface area contributed by atoms with Gasteiger partial charge in [0.2, 0.25) is 0 Å². The van der Waals surface area contributed by atoms with E-state index in [0.717, 1.165) is 11.0 Å². The summed E-state index contributed by atoms with van der Waals surface area (Å²) in [5.74, 6) is -2.03. The van der Waals surface area contributed by atoms with Gasteiger partial charge in [-0.2, -0.15) is 13.2 Å². The summed E-state index contributed by atoms with van der Waals surface area (Å²) < 4.78 is 62.8. The smallest absolute Gasteiger partial charge is 0.395 e. The summed E-state index contributed by atoms with van der Waals surface area (Å²) in [4.78, 5) is 0.765. The van der Waals surface area contributed by atoms with Crippen molar-refractivity contribution in [1.82, 2.24) is 0 Å². The maximum absolute atomic E-state index is 13.1. The average Bonchev–Trinajstić information content (AvgIpc) is 2.18. The lowest BCUT2D eigenvalue weighted by Gasteiger charge is -2.25. The molecule has 7 heteroatoms. The number of rotatable bonds is 3. The Morgan fingerprint density at radius 1 is 1.24 bits per heavy atom. The largest absolute Gasteiger partial charge is 0.405 e. The lowest BCUT2D eigenvalue weighted by molar-refractivity contribution is -0.119. The van der Waals surface area contributed by atoms with Gasteiger partial charge < -0.3 is 10.6 Å². The van der Waals surface area contributed by atoms with Gasteiger partial charge in [0.05, 0.1) is 11.4 Å². The van der Waals surface area contributed by atoms with Gasteiger partial charge in [-0.3, -0.25) is 0 Å². The Labute approximate surface area is 94.8 Å². The van der Waals surface area contributed by atoms with Crippen LogP contribution in [0.2, 0.25) is 0 Å². The van der Waals surface area contributed by atoms with Gasteiger partial charge in [0.15, 0.2) is 5.82 Å². The summed E-state index contributed by atoms with van der Waals surface area (Å²) in [7, 11) is 0. The Bertz CT molecular complexity index is 402. The number of benzene rings is 1. The first kappa shape index (κ1) is 13.5. The number of halogens is 5. The van der Waals surface area contributed by atoms with Gasteiger partial charge in [0, 0.05) is 12.6 Å². The summed E-state index contributed by atoms with van der Waals surface area (Å²) in [6.07, 6.45) is -4.47. The molecule has 0 saturated heterocycles. The summed E-state index contributed by atoms with van der Waals surface area (Å²) in [5.41, 5.74) is 4.52. The van der Waals surface area contributed by atoms with Gasteiger partial charge >= 0.3 is 6.18 Å². The Morgan fingerprint density at radius 2 is 1.82 bits per heavy atom. The molecule has 0 spiro atoms. The predicted octanol–water partition coefficient (Wildman–Crippen LogP) is 2.94. The van der Waals surface area contributed by atoms with Gasteiger partial charge in [-0.05, 0) is 13.0 Å². The molecule has 0 heterocycles. The monoisotopic (exact) mass is 254 g/mol. The van der Waals surface area contributed by atoms with E-state index in [1.54, 1.807) is 0 Å². The van der Waals surface area contributed by atoms with Crippen LogP contribution in [0.25, 0.3) is 0 Å². The highest BCUT2D eigenvalue weighted by molar-refractivity contribution is 5.68. The van der Waals surface area contributed by atoms with Crippen LogP contribution in [-0.4, -0.2) is 19.3 Å². The van der Waals surface area contributed by atoms with Crippen molar-refractivity contribution in [1.29, 1.82) is 0 Å². The van der Waals surface area contributed by atoms with Crippen molar-refractivity contribution in [3.63, 3.8) is 0 Å². The van der Waals surface area contributed by atoms with Crippen LogP contribution >= 0.6 is 0 Å². The van der Waals surface area contributed by atoms with Crippen LogP contribution < -0.4 is 10.6 Å². The van der Waals surface area contributed by atoms with Crippen molar-refractivity contribution < 1.29 is 22.0 Å². The molecule has 0 atom stereocenters. The van der Waals surface area contributed by atoms with Crippen LogP contribution in [0.3, 0.4) is 0 Å². The quantitative estimate of drug-likeness (QED) is 0.663. The average molecular weight is 254 g/mol. The fraction of sp³-hybridized carbons (Fsp3) is 0.400. The van der Waals surface area contributed by atoms with E-state index < -0.39 is 30.0 Å². The first-order valence-corrected chi connectivity index (χ1v) is 4.81. The molecule has 1 aromatic rings. The number of hydrogen-bond acceptors (Lipinski definition) is 2. The molecule has 96 valence electrons. The van der Waals surface area contributed by atoms with E-state index in [1.165, 1.54) is 6.92 Å². The summed E-state index contributed by atoms with van der Waals surface area (Å²) in [6, 6.07) is 1.31. The molecule has 0 bridgehead atoms. The van der Waals surface area contributed by atoms with Crippen molar-refractivity contribution in [2.24, 2.45) is 0 Å². The minimum atomic E-state index is -4.47. The number of alkyl halides is 3. The molecule has 1 rings (SSSR count). The molecule has 0 radical (unpaired) electrons. The molecule has 0 unspecified atom stereocenters. The molecule has 0 amide bonds. The molecule has 0 aromatic heterocycles. The third kappa shape index (κ3) is 3.47. The molecule has 2 nitrogen and oxygen atoms in total. The van der Waals surface area contributed by atoms with E-state index in [2.05, 4.69) is 0 Å². The maximum Gasteiger partial charge on any atom is 0.405 e. The fourth-order valence-corrected chi connectivity index (χ4v) is 1.42. The zero-order valence-corrected chi connectivity index (χ0v) is 8.98.